The lowest BCUT2D eigenvalue weighted by atomic mass is 10.3. The molecule has 0 unspecified atom stereocenters. The van der Waals surface area contributed by atoms with E-state index in [1.54, 1.807) is 17.8 Å². The fourth-order valence-corrected chi connectivity index (χ4v) is 1.33. The Morgan fingerprint density at radius 1 is 1.70 bits per heavy atom. The molecule has 0 amide bonds. The van der Waals surface area contributed by atoms with Gasteiger partial charge in [0, 0.05) is 6.42 Å². The average molecular weight is 158 g/mol. The predicted octanol–water partition coefficient (Wildman–Crippen LogP) is 2.27. The van der Waals surface area contributed by atoms with E-state index in [9.17, 15) is 4.79 Å². The van der Waals surface area contributed by atoms with Crippen molar-refractivity contribution in [3.63, 3.8) is 0 Å². The minimum absolute atomic E-state index is 0.286. The van der Waals surface area contributed by atoms with Crippen LogP contribution in [0, 0.1) is 0 Å². The Morgan fingerprint density at radius 3 is 2.90 bits per heavy atom. The lowest BCUT2D eigenvalue weighted by Crippen LogP contribution is -1.99. The molecule has 0 aliphatic rings. The molecule has 0 spiro atoms. The number of ketones is 1. The van der Waals surface area contributed by atoms with Crippen molar-refractivity contribution < 1.29 is 4.79 Å². The second-order valence-corrected chi connectivity index (χ2v) is 3.19. The summed E-state index contributed by atoms with van der Waals surface area (Å²) in [7, 11) is 0. The molecule has 0 N–H and O–H groups in total. The Morgan fingerprint density at radius 2 is 2.40 bits per heavy atom. The zero-order valence-corrected chi connectivity index (χ0v) is 7.25. The molecule has 0 aromatic heterocycles. The summed E-state index contributed by atoms with van der Waals surface area (Å²) in [5.41, 5.74) is 0. The monoisotopic (exact) mass is 158 g/mol. The Balaban J connectivity index is 3.13. The van der Waals surface area contributed by atoms with E-state index in [0.29, 0.717) is 12.2 Å². The first-order valence-corrected chi connectivity index (χ1v) is 4.67. The zero-order valence-electron chi connectivity index (χ0n) is 6.43. The summed E-state index contributed by atoms with van der Waals surface area (Å²) >= 11 is 1.70. The Hall–Kier alpha value is -0.240. The van der Waals surface area contributed by atoms with E-state index in [0.717, 1.165) is 12.2 Å². The summed E-state index contributed by atoms with van der Waals surface area (Å²) in [6.45, 7) is 5.61. The predicted molar refractivity (Wildman–Crippen MR) is 47.4 cm³/mol. The van der Waals surface area contributed by atoms with E-state index in [2.05, 4.69) is 13.5 Å². The van der Waals surface area contributed by atoms with Crippen molar-refractivity contribution in [3.05, 3.63) is 12.7 Å². The molecule has 0 aromatic rings. The van der Waals surface area contributed by atoms with Crippen LogP contribution in [0.3, 0.4) is 0 Å². The molecule has 0 aromatic carbocycles. The largest absolute Gasteiger partial charge is 0.298 e. The summed E-state index contributed by atoms with van der Waals surface area (Å²) in [6, 6.07) is 0. The molecule has 0 heterocycles. The van der Waals surface area contributed by atoms with Crippen molar-refractivity contribution in [3.8, 4) is 0 Å². The van der Waals surface area contributed by atoms with Gasteiger partial charge in [-0.1, -0.05) is 13.0 Å². The number of allylic oxidation sites excluding steroid dienone is 1. The molecule has 2 heteroatoms. The molecule has 0 aliphatic heterocycles. The van der Waals surface area contributed by atoms with Gasteiger partial charge in [-0.15, -0.1) is 6.58 Å². The third-order valence-electron chi connectivity index (χ3n) is 0.984. The number of Topliss-reactive ketones (excluding diaryl/α,β-unsaturated/α-hetero) is 1. The lowest BCUT2D eigenvalue weighted by Gasteiger charge is -1.94. The van der Waals surface area contributed by atoms with E-state index in [-0.39, 0.29) is 5.78 Å². The highest BCUT2D eigenvalue weighted by atomic mass is 32.2. The topological polar surface area (TPSA) is 17.1 Å². The molecule has 0 saturated carbocycles. The summed E-state index contributed by atoms with van der Waals surface area (Å²) < 4.78 is 0. The Kier molecular flexibility index (Phi) is 6.71. The molecule has 10 heavy (non-hydrogen) atoms. The maximum atomic E-state index is 10.8. The number of rotatable bonds is 6. The molecule has 1 nitrogen and oxygen atoms in total. The van der Waals surface area contributed by atoms with Crippen molar-refractivity contribution in [2.75, 3.05) is 11.5 Å². The molecule has 0 atom stereocenters. The van der Waals surface area contributed by atoms with Crippen molar-refractivity contribution in [1.82, 2.24) is 0 Å². The summed E-state index contributed by atoms with van der Waals surface area (Å²) in [6.07, 6.45) is 3.33. The first-order chi connectivity index (χ1) is 4.81. The van der Waals surface area contributed by atoms with Gasteiger partial charge < -0.3 is 0 Å². The minimum Gasteiger partial charge on any atom is -0.298 e. The van der Waals surface area contributed by atoms with Crippen LogP contribution in [-0.2, 0) is 4.79 Å². The van der Waals surface area contributed by atoms with Gasteiger partial charge in [0.15, 0.2) is 0 Å². The van der Waals surface area contributed by atoms with Gasteiger partial charge in [-0.3, -0.25) is 4.79 Å². The molecule has 0 saturated heterocycles. The van der Waals surface area contributed by atoms with Crippen molar-refractivity contribution in [2.45, 2.75) is 19.8 Å². The number of carbonyl (C=O) groups is 1. The van der Waals surface area contributed by atoms with E-state index >= 15 is 0 Å². The van der Waals surface area contributed by atoms with Gasteiger partial charge in [0.2, 0.25) is 0 Å². The Labute approximate surface area is 66.9 Å². The van der Waals surface area contributed by atoms with Crippen LogP contribution in [0.15, 0.2) is 12.7 Å². The molecule has 0 aliphatic carbocycles. The maximum Gasteiger partial charge on any atom is 0.146 e. The third kappa shape index (κ3) is 5.89. The first kappa shape index (κ1) is 9.76. The molecular formula is C8H14OS. The number of carbonyl (C=O) groups excluding carboxylic acids is 1. The van der Waals surface area contributed by atoms with Gasteiger partial charge in [0.05, 0.1) is 5.75 Å². The zero-order chi connectivity index (χ0) is 7.82. The second-order valence-electron chi connectivity index (χ2n) is 2.08. The SMILES string of the molecule is C=CCC(=O)CSCCC. The maximum absolute atomic E-state index is 10.8. The van der Waals surface area contributed by atoms with Gasteiger partial charge in [-0.25, -0.2) is 0 Å². The number of thioether (sulfide) groups is 1. The quantitative estimate of drug-likeness (QED) is 0.436. The highest BCUT2D eigenvalue weighted by Crippen LogP contribution is 2.03. The minimum atomic E-state index is 0.286. The fraction of sp³-hybridized carbons (Fsp3) is 0.625. The van der Waals surface area contributed by atoms with Gasteiger partial charge in [0.25, 0.3) is 0 Å². The number of hydrogen-bond donors (Lipinski definition) is 0. The highest BCUT2D eigenvalue weighted by molar-refractivity contribution is 7.99. The van der Waals surface area contributed by atoms with Crippen LogP contribution in [0.25, 0.3) is 0 Å². The van der Waals surface area contributed by atoms with Crippen LogP contribution in [0.4, 0.5) is 0 Å². The van der Waals surface area contributed by atoms with Gasteiger partial charge in [-0.05, 0) is 12.2 Å². The van der Waals surface area contributed by atoms with Gasteiger partial charge >= 0.3 is 0 Å². The van der Waals surface area contributed by atoms with Crippen LogP contribution < -0.4 is 0 Å². The van der Waals surface area contributed by atoms with Crippen molar-refractivity contribution in [2.24, 2.45) is 0 Å². The lowest BCUT2D eigenvalue weighted by molar-refractivity contribution is -0.115. The van der Waals surface area contributed by atoms with Crippen LogP contribution in [-0.4, -0.2) is 17.3 Å². The van der Waals surface area contributed by atoms with E-state index < -0.39 is 0 Å². The Bertz CT molecular complexity index is 110. The van der Waals surface area contributed by atoms with Crippen LogP contribution in [0.5, 0.6) is 0 Å². The van der Waals surface area contributed by atoms with Crippen LogP contribution in [0.2, 0.25) is 0 Å². The first-order valence-electron chi connectivity index (χ1n) is 3.51. The fourth-order valence-electron chi connectivity index (χ4n) is 0.550. The summed E-state index contributed by atoms with van der Waals surface area (Å²) in [5.74, 6) is 2.02. The van der Waals surface area contributed by atoms with E-state index in [4.69, 9.17) is 0 Å². The average Bonchev–Trinajstić information content (AvgIpc) is 1.89. The van der Waals surface area contributed by atoms with E-state index in [1.807, 2.05) is 0 Å². The normalized spacial score (nSPS) is 9.30. The summed E-state index contributed by atoms with van der Waals surface area (Å²) in [5, 5.41) is 0. The third-order valence-corrected chi connectivity index (χ3v) is 2.21. The molecule has 0 bridgehead atoms. The smallest absolute Gasteiger partial charge is 0.146 e. The number of hydrogen-bond acceptors (Lipinski definition) is 2. The standard InChI is InChI=1S/C8H14OS/c1-3-5-8(9)7-10-6-4-2/h3H,1,4-7H2,2H3. The van der Waals surface area contributed by atoms with Crippen LogP contribution in [0.1, 0.15) is 19.8 Å². The molecule has 0 rings (SSSR count). The summed E-state index contributed by atoms with van der Waals surface area (Å²) in [4.78, 5) is 10.8. The molecule has 0 radical (unpaired) electrons. The van der Waals surface area contributed by atoms with Crippen LogP contribution >= 0.6 is 11.8 Å². The molecule has 0 fully saturated rings. The van der Waals surface area contributed by atoms with E-state index in [1.165, 1.54) is 0 Å². The second kappa shape index (κ2) is 6.87. The van der Waals surface area contributed by atoms with Crippen molar-refractivity contribution >= 4 is 17.5 Å². The highest BCUT2D eigenvalue weighted by Gasteiger charge is 1.96. The molecular weight excluding hydrogens is 144 g/mol. The van der Waals surface area contributed by atoms with Gasteiger partial charge in [0.1, 0.15) is 5.78 Å². The van der Waals surface area contributed by atoms with Gasteiger partial charge in [-0.2, -0.15) is 11.8 Å². The molecule has 58 valence electrons. The van der Waals surface area contributed by atoms with Crippen molar-refractivity contribution in [1.29, 1.82) is 0 Å².